The lowest BCUT2D eigenvalue weighted by atomic mass is 9.82. The van der Waals surface area contributed by atoms with Gasteiger partial charge in [-0.05, 0) is 108 Å². The van der Waals surface area contributed by atoms with Gasteiger partial charge in [-0.1, -0.05) is 38.1 Å². The van der Waals surface area contributed by atoms with Crippen molar-refractivity contribution in [3.05, 3.63) is 76.9 Å². The maximum Gasteiger partial charge on any atom is 0.340 e. The second-order valence-electron chi connectivity index (χ2n) is 13.5. The smallest absolute Gasteiger partial charge is 0.340 e. The van der Waals surface area contributed by atoms with Crippen molar-refractivity contribution in [3.8, 4) is 16.9 Å². The minimum absolute atomic E-state index is 0.221. The molecule has 0 saturated carbocycles. The van der Waals surface area contributed by atoms with Crippen LogP contribution in [0.1, 0.15) is 89.4 Å². The van der Waals surface area contributed by atoms with Gasteiger partial charge in [-0.2, -0.15) is 0 Å². The number of hydrogen-bond donors (Lipinski definition) is 0. The predicted octanol–water partition coefficient (Wildman–Crippen LogP) is 8.56. The molecule has 2 heterocycles. The largest absolute Gasteiger partial charge is 0.494 e. The lowest BCUT2D eigenvalue weighted by Gasteiger charge is -2.41. The van der Waals surface area contributed by atoms with E-state index in [9.17, 15) is 9.18 Å². The van der Waals surface area contributed by atoms with Gasteiger partial charge >= 0.3 is 5.97 Å². The summed E-state index contributed by atoms with van der Waals surface area (Å²) >= 11 is 0. The average Bonchev–Trinajstić information content (AvgIpc) is 2.95. The van der Waals surface area contributed by atoms with Crippen molar-refractivity contribution in [1.29, 1.82) is 0 Å². The Morgan fingerprint density at radius 1 is 1.00 bits per heavy atom. The topological polar surface area (TPSA) is 60.9 Å². The zero-order valence-corrected chi connectivity index (χ0v) is 27.8. The van der Waals surface area contributed by atoms with Gasteiger partial charge < -0.3 is 19.1 Å². The maximum absolute atomic E-state index is 13.5. The first-order valence-electron chi connectivity index (χ1n) is 15.9. The van der Waals surface area contributed by atoms with E-state index < -0.39 is 17.7 Å². The quantitative estimate of drug-likeness (QED) is 0.161. The van der Waals surface area contributed by atoms with Gasteiger partial charge in [-0.3, -0.25) is 4.98 Å². The molecule has 6 nitrogen and oxygen atoms in total. The Kier molecular flexibility index (Phi) is 10.7. The van der Waals surface area contributed by atoms with Crippen molar-refractivity contribution in [3.63, 3.8) is 0 Å². The van der Waals surface area contributed by atoms with Crippen LogP contribution in [0.5, 0.6) is 5.75 Å². The molecule has 0 spiro atoms. The zero-order chi connectivity index (χ0) is 32.1. The van der Waals surface area contributed by atoms with Crippen LogP contribution in [0.25, 0.3) is 11.1 Å². The molecule has 0 N–H and O–H groups in total. The van der Waals surface area contributed by atoms with Crippen LogP contribution in [0, 0.1) is 25.1 Å². The summed E-state index contributed by atoms with van der Waals surface area (Å²) in [6.07, 6.45) is 2.83. The van der Waals surface area contributed by atoms with E-state index in [2.05, 4.69) is 30.9 Å². The molecule has 1 aromatic heterocycles. The predicted molar refractivity (Wildman–Crippen MR) is 175 cm³/mol. The van der Waals surface area contributed by atoms with Gasteiger partial charge in [-0.25, -0.2) is 9.18 Å². The van der Waals surface area contributed by atoms with Crippen LogP contribution in [-0.2, 0) is 20.7 Å². The molecule has 4 rings (SSSR count). The second kappa shape index (κ2) is 14.1. The van der Waals surface area contributed by atoms with Gasteiger partial charge in [0.25, 0.3) is 0 Å². The molecular weight excluding hydrogens is 555 g/mol. The van der Waals surface area contributed by atoms with Crippen LogP contribution in [0.3, 0.4) is 0 Å². The van der Waals surface area contributed by atoms with Crippen molar-refractivity contribution >= 4 is 11.7 Å². The molecule has 1 atom stereocenters. The third kappa shape index (κ3) is 8.59. The Hall–Kier alpha value is -3.45. The fourth-order valence-corrected chi connectivity index (χ4v) is 5.80. The number of piperidine rings is 1. The van der Waals surface area contributed by atoms with Crippen molar-refractivity contribution in [2.45, 2.75) is 92.8 Å². The number of halogens is 1. The Morgan fingerprint density at radius 3 is 2.23 bits per heavy atom. The normalized spacial score (nSPS) is 15.6. The summed E-state index contributed by atoms with van der Waals surface area (Å²) in [6.45, 7) is 18.9. The minimum Gasteiger partial charge on any atom is -0.494 e. The SMILES string of the molecule is CCOC(=O)[C@@H](OC(C)(C)C)c1c(C)nc(C)c(-c2ccc(OCCCc3ccc(F)cc3)cc2)c1N1CCC(C)(C)CC1. The Labute approximate surface area is 262 Å². The Balaban J connectivity index is 1.69. The summed E-state index contributed by atoms with van der Waals surface area (Å²) < 4.78 is 31.3. The second-order valence-corrected chi connectivity index (χ2v) is 13.5. The number of anilines is 1. The molecule has 238 valence electrons. The van der Waals surface area contributed by atoms with Crippen LogP contribution < -0.4 is 9.64 Å². The van der Waals surface area contributed by atoms with Crippen LogP contribution in [0.2, 0.25) is 0 Å². The standard InChI is InChI=1S/C37H49FN2O4/c1-9-42-35(41)34(44-36(4,5)6)32-26(3)39-25(2)31(33(32)40-22-20-37(7,8)21-23-40)28-14-18-30(19-15-28)43-24-10-11-27-12-16-29(38)17-13-27/h12-19,34H,9-11,20-24H2,1-8H3/t34-/m0/s1. The Morgan fingerprint density at radius 2 is 1.64 bits per heavy atom. The van der Waals surface area contributed by atoms with Crippen molar-refractivity contribution in [1.82, 2.24) is 4.98 Å². The summed E-state index contributed by atoms with van der Waals surface area (Å²) in [4.78, 5) is 20.9. The number of nitrogens with zero attached hydrogens (tertiary/aromatic N) is 2. The highest BCUT2D eigenvalue weighted by molar-refractivity contribution is 5.88. The number of ether oxygens (including phenoxy) is 3. The summed E-state index contributed by atoms with van der Waals surface area (Å²) in [5, 5.41) is 0. The van der Waals surface area contributed by atoms with Crippen molar-refractivity contribution in [2.24, 2.45) is 5.41 Å². The van der Waals surface area contributed by atoms with E-state index in [1.165, 1.54) is 12.1 Å². The number of rotatable bonds is 11. The van der Waals surface area contributed by atoms with Gasteiger partial charge in [0.05, 0.1) is 24.5 Å². The molecule has 1 aliphatic heterocycles. The first-order valence-corrected chi connectivity index (χ1v) is 15.9. The van der Waals surface area contributed by atoms with E-state index in [0.717, 1.165) is 83.9 Å². The van der Waals surface area contributed by atoms with E-state index >= 15 is 0 Å². The number of pyridine rings is 1. The van der Waals surface area contributed by atoms with Gasteiger partial charge in [0.15, 0.2) is 6.10 Å². The number of hydrogen-bond acceptors (Lipinski definition) is 6. The van der Waals surface area contributed by atoms with Crippen molar-refractivity contribution in [2.75, 3.05) is 31.2 Å². The molecule has 1 aliphatic rings. The Bertz CT molecular complexity index is 1400. The molecule has 0 aliphatic carbocycles. The van der Waals surface area contributed by atoms with Gasteiger partial charge in [0.2, 0.25) is 0 Å². The van der Waals surface area contributed by atoms with Crippen molar-refractivity contribution < 1.29 is 23.4 Å². The number of carbonyl (C=O) groups is 1. The number of carbonyl (C=O) groups excluding carboxylic acids is 1. The summed E-state index contributed by atoms with van der Waals surface area (Å²) in [5.41, 5.74) is 6.23. The number of aryl methyl sites for hydroxylation is 3. The monoisotopic (exact) mass is 604 g/mol. The summed E-state index contributed by atoms with van der Waals surface area (Å²) in [6, 6.07) is 14.7. The van der Waals surface area contributed by atoms with E-state index in [1.807, 2.05) is 65.8 Å². The average molecular weight is 605 g/mol. The van der Waals surface area contributed by atoms with Crippen LogP contribution in [-0.4, -0.2) is 42.9 Å². The fraction of sp³-hybridized carbons (Fsp3) is 0.514. The molecule has 44 heavy (non-hydrogen) atoms. The van der Waals surface area contributed by atoms with E-state index in [1.54, 1.807) is 0 Å². The third-order valence-corrected chi connectivity index (χ3v) is 8.18. The third-order valence-electron chi connectivity index (χ3n) is 8.18. The highest BCUT2D eigenvalue weighted by Crippen LogP contribution is 2.45. The molecule has 0 unspecified atom stereocenters. The molecule has 0 bridgehead atoms. The van der Waals surface area contributed by atoms with Gasteiger partial charge in [0, 0.05) is 35.6 Å². The van der Waals surface area contributed by atoms with E-state index in [4.69, 9.17) is 19.2 Å². The molecular formula is C37H49FN2O4. The lowest BCUT2D eigenvalue weighted by molar-refractivity contribution is -0.166. The molecule has 1 saturated heterocycles. The maximum atomic E-state index is 13.5. The molecule has 7 heteroatoms. The molecule has 0 amide bonds. The molecule has 1 fully saturated rings. The van der Waals surface area contributed by atoms with E-state index in [0.29, 0.717) is 6.61 Å². The van der Waals surface area contributed by atoms with Crippen LogP contribution in [0.15, 0.2) is 48.5 Å². The van der Waals surface area contributed by atoms with Crippen LogP contribution in [0.4, 0.5) is 10.1 Å². The number of aromatic nitrogens is 1. The minimum atomic E-state index is -0.907. The summed E-state index contributed by atoms with van der Waals surface area (Å²) in [5.74, 6) is 0.166. The van der Waals surface area contributed by atoms with Gasteiger partial charge in [-0.15, -0.1) is 0 Å². The first kappa shape index (κ1) is 33.4. The zero-order valence-electron chi connectivity index (χ0n) is 27.8. The number of benzene rings is 2. The van der Waals surface area contributed by atoms with E-state index in [-0.39, 0.29) is 17.8 Å². The molecule has 0 radical (unpaired) electrons. The highest BCUT2D eigenvalue weighted by Gasteiger charge is 2.37. The van der Waals surface area contributed by atoms with Crippen LogP contribution >= 0.6 is 0 Å². The first-order chi connectivity index (χ1) is 20.8. The number of esters is 1. The molecule has 3 aromatic rings. The molecule has 2 aromatic carbocycles. The highest BCUT2D eigenvalue weighted by atomic mass is 19.1. The summed E-state index contributed by atoms with van der Waals surface area (Å²) in [7, 11) is 0. The lowest BCUT2D eigenvalue weighted by Crippen LogP contribution is -2.39. The fourth-order valence-electron chi connectivity index (χ4n) is 5.80. The van der Waals surface area contributed by atoms with Gasteiger partial charge in [0.1, 0.15) is 11.6 Å².